The maximum atomic E-state index is 11.2. The minimum absolute atomic E-state index is 0.332. The van der Waals surface area contributed by atoms with Crippen molar-refractivity contribution in [3.63, 3.8) is 0 Å². The number of carboxylic acid groups (broad SMARTS) is 1. The summed E-state index contributed by atoms with van der Waals surface area (Å²) in [5.74, 6) is 0.637. The van der Waals surface area contributed by atoms with Gasteiger partial charge in [-0.05, 0) is 55.3 Å². The monoisotopic (exact) mass is 418 g/mol. The fourth-order valence-electron chi connectivity index (χ4n) is 2.48. The topological polar surface area (TPSA) is 55.8 Å². The van der Waals surface area contributed by atoms with Gasteiger partial charge in [0.1, 0.15) is 11.5 Å². The second-order valence-electron chi connectivity index (χ2n) is 5.79. The molecule has 2 rings (SSSR count). The predicted molar refractivity (Wildman–Crippen MR) is 105 cm³/mol. The van der Waals surface area contributed by atoms with Gasteiger partial charge in [0.2, 0.25) is 0 Å². The number of rotatable bonds is 9. The van der Waals surface area contributed by atoms with Crippen molar-refractivity contribution < 1.29 is 19.4 Å². The average molecular weight is 419 g/mol. The second-order valence-corrected chi connectivity index (χ2v) is 6.71. The number of carbonyl (C=O) groups is 1. The number of allylic oxidation sites excluding steroid dienone is 2. The van der Waals surface area contributed by atoms with Gasteiger partial charge in [0.05, 0.1) is 0 Å². The van der Waals surface area contributed by atoms with Crippen molar-refractivity contribution in [2.45, 2.75) is 32.8 Å². The Morgan fingerprint density at radius 3 is 2.27 bits per heavy atom. The van der Waals surface area contributed by atoms with Gasteiger partial charge in [-0.2, -0.15) is 0 Å². The Morgan fingerprint density at radius 2 is 1.73 bits per heavy atom. The highest BCUT2D eigenvalue weighted by molar-refractivity contribution is 9.10. The van der Waals surface area contributed by atoms with Crippen LogP contribution in [0.1, 0.15) is 25.0 Å². The lowest BCUT2D eigenvalue weighted by Crippen LogP contribution is -2.26. The van der Waals surface area contributed by atoms with Crippen LogP contribution in [0.3, 0.4) is 0 Å². The van der Waals surface area contributed by atoms with Crippen LogP contribution in [0.4, 0.5) is 0 Å². The van der Waals surface area contributed by atoms with E-state index >= 15 is 0 Å². The van der Waals surface area contributed by atoms with E-state index in [0.717, 1.165) is 21.5 Å². The van der Waals surface area contributed by atoms with Crippen molar-refractivity contribution in [3.8, 4) is 5.75 Å². The fourth-order valence-corrected chi connectivity index (χ4v) is 2.74. The number of ether oxygens (including phenoxy) is 2. The van der Waals surface area contributed by atoms with Gasteiger partial charge in [0.15, 0.2) is 6.10 Å². The average Bonchev–Trinajstić information content (AvgIpc) is 2.64. The first-order valence-electron chi connectivity index (χ1n) is 8.52. The number of aliphatic carboxylic acids is 1. The molecule has 0 saturated heterocycles. The Bertz CT molecular complexity index is 736. The van der Waals surface area contributed by atoms with Crippen molar-refractivity contribution in [3.05, 3.63) is 76.0 Å². The SMILES string of the molecule is CC=C(Cc1ccc(Br)cc1)Oc1ccc(CC(OCC)C(=O)O)cc1. The van der Waals surface area contributed by atoms with E-state index in [1.54, 1.807) is 6.92 Å². The van der Waals surface area contributed by atoms with E-state index in [1.807, 2.05) is 49.4 Å². The second kappa shape index (κ2) is 10.1. The van der Waals surface area contributed by atoms with Gasteiger partial charge in [-0.1, -0.05) is 40.2 Å². The molecular weight excluding hydrogens is 396 g/mol. The maximum absolute atomic E-state index is 11.2. The lowest BCUT2D eigenvalue weighted by molar-refractivity contribution is -0.149. The molecule has 0 radical (unpaired) electrons. The van der Waals surface area contributed by atoms with Crippen LogP contribution in [0.5, 0.6) is 5.75 Å². The fraction of sp³-hybridized carbons (Fsp3) is 0.286. The van der Waals surface area contributed by atoms with Crippen LogP contribution in [0.25, 0.3) is 0 Å². The number of carboxylic acids is 1. The predicted octanol–water partition coefficient (Wildman–Crippen LogP) is 5.01. The molecule has 0 saturated carbocycles. The summed E-state index contributed by atoms with van der Waals surface area (Å²) in [7, 11) is 0. The summed E-state index contributed by atoms with van der Waals surface area (Å²) >= 11 is 3.43. The van der Waals surface area contributed by atoms with Crippen LogP contribution >= 0.6 is 15.9 Å². The normalized spacial score (nSPS) is 12.7. The summed E-state index contributed by atoms with van der Waals surface area (Å²) in [6, 6.07) is 15.6. The third-order valence-corrected chi connectivity index (χ3v) is 4.38. The molecule has 0 aliphatic heterocycles. The number of hydrogen-bond donors (Lipinski definition) is 1. The van der Waals surface area contributed by atoms with Gasteiger partial charge in [-0.25, -0.2) is 4.79 Å². The molecule has 0 amide bonds. The molecule has 2 aromatic rings. The molecular formula is C21H23BrO4. The summed E-state index contributed by atoms with van der Waals surface area (Å²) in [5, 5.41) is 9.17. The van der Waals surface area contributed by atoms with Crippen molar-refractivity contribution in [2.24, 2.45) is 0 Å². The van der Waals surface area contributed by atoms with Gasteiger partial charge >= 0.3 is 5.97 Å². The molecule has 0 bridgehead atoms. The molecule has 1 N–H and O–H groups in total. The summed E-state index contributed by atoms with van der Waals surface area (Å²) in [5.41, 5.74) is 2.06. The first-order chi connectivity index (χ1) is 12.5. The van der Waals surface area contributed by atoms with E-state index in [0.29, 0.717) is 19.4 Å². The Balaban J connectivity index is 1.98. The van der Waals surface area contributed by atoms with Crippen molar-refractivity contribution in [2.75, 3.05) is 6.61 Å². The molecule has 0 fully saturated rings. The molecule has 0 aliphatic carbocycles. The van der Waals surface area contributed by atoms with Crippen LogP contribution in [0.15, 0.2) is 64.8 Å². The van der Waals surface area contributed by atoms with Gasteiger partial charge in [0, 0.05) is 23.9 Å². The van der Waals surface area contributed by atoms with Crippen molar-refractivity contribution >= 4 is 21.9 Å². The zero-order valence-corrected chi connectivity index (χ0v) is 16.5. The Hall–Kier alpha value is -2.11. The largest absolute Gasteiger partial charge is 0.479 e. The number of hydrogen-bond acceptors (Lipinski definition) is 3. The van der Waals surface area contributed by atoms with Crippen LogP contribution < -0.4 is 4.74 Å². The van der Waals surface area contributed by atoms with E-state index in [-0.39, 0.29) is 0 Å². The smallest absolute Gasteiger partial charge is 0.333 e. The first kappa shape index (κ1) is 20.2. The minimum Gasteiger partial charge on any atom is -0.479 e. The van der Waals surface area contributed by atoms with Gasteiger partial charge < -0.3 is 14.6 Å². The van der Waals surface area contributed by atoms with E-state index in [4.69, 9.17) is 14.6 Å². The third-order valence-electron chi connectivity index (χ3n) is 3.85. The van der Waals surface area contributed by atoms with Crippen LogP contribution in [0, 0.1) is 0 Å². The molecule has 2 aromatic carbocycles. The number of benzene rings is 2. The van der Waals surface area contributed by atoms with Crippen LogP contribution in [-0.2, 0) is 22.4 Å². The molecule has 0 aromatic heterocycles. The molecule has 0 aliphatic rings. The van der Waals surface area contributed by atoms with E-state index < -0.39 is 12.1 Å². The molecule has 138 valence electrons. The summed E-state index contributed by atoms with van der Waals surface area (Å²) in [6.07, 6.45) is 2.16. The Labute approximate surface area is 162 Å². The van der Waals surface area contributed by atoms with Crippen molar-refractivity contribution in [1.82, 2.24) is 0 Å². The molecule has 4 nitrogen and oxygen atoms in total. The zero-order valence-electron chi connectivity index (χ0n) is 14.9. The zero-order chi connectivity index (χ0) is 18.9. The Morgan fingerprint density at radius 1 is 1.12 bits per heavy atom. The summed E-state index contributed by atoms with van der Waals surface area (Å²) < 4.78 is 12.3. The quantitative estimate of drug-likeness (QED) is 0.581. The molecule has 1 unspecified atom stereocenters. The van der Waals surface area contributed by atoms with Crippen molar-refractivity contribution in [1.29, 1.82) is 0 Å². The standard InChI is InChI=1S/C21H23BrO4/c1-3-18(13-15-5-9-17(22)10-6-15)26-19-11-7-16(8-12-19)14-20(21(23)24)25-4-2/h3,5-12,20H,4,13-14H2,1-2H3,(H,23,24). The molecule has 5 heteroatoms. The number of halogens is 1. The van der Waals surface area contributed by atoms with E-state index in [2.05, 4.69) is 28.1 Å². The van der Waals surface area contributed by atoms with Gasteiger partial charge in [0.25, 0.3) is 0 Å². The highest BCUT2D eigenvalue weighted by atomic mass is 79.9. The summed E-state index contributed by atoms with van der Waals surface area (Å²) in [4.78, 5) is 11.2. The highest BCUT2D eigenvalue weighted by Gasteiger charge is 2.17. The van der Waals surface area contributed by atoms with Gasteiger partial charge in [-0.3, -0.25) is 0 Å². The third kappa shape index (κ3) is 6.32. The molecule has 0 heterocycles. The van der Waals surface area contributed by atoms with Gasteiger partial charge in [-0.15, -0.1) is 0 Å². The van der Waals surface area contributed by atoms with E-state index in [1.165, 1.54) is 5.56 Å². The molecule has 1 atom stereocenters. The summed E-state index contributed by atoms with van der Waals surface area (Å²) in [6.45, 7) is 4.11. The first-order valence-corrected chi connectivity index (χ1v) is 9.32. The lowest BCUT2D eigenvalue weighted by Gasteiger charge is -2.13. The van der Waals surface area contributed by atoms with E-state index in [9.17, 15) is 4.79 Å². The highest BCUT2D eigenvalue weighted by Crippen LogP contribution is 2.20. The van der Waals surface area contributed by atoms with Crippen LogP contribution in [-0.4, -0.2) is 23.8 Å². The lowest BCUT2D eigenvalue weighted by atomic mass is 10.1. The van der Waals surface area contributed by atoms with Crippen LogP contribution in [0.2, 0.25) is 0 Å². The minimum atomic E-state index is -0.946. The maximum Gasteiger partial charge on any atom is 0.333 e. The molecule has 0 spiro atoms. The Kier molecular flexibility index (Phi) is 7.88. The molecule has 26 heavy (non-hydrogen) atoms.